The number of nitrogens with zero attached hydrogens (tertiary/aromatic N) is 1. The van der Waals surface area contributed by atoms with Gasteiger partial charge < -0.3 is 9.26 Å². The van der Waals surface area contributed by atoms with E-state index in [-0.39, 0.29) is 5.97 Å². The fraction of sp³-hybridized carbons (Fsp3) is 0.286. The van der Waals surface area contributed by atoms with Crippen LogP contribution in [0.15, 0.2) is 10.6 Å². The summed E-state index contributed by atoms with van der Waals surface area (Å²) in [6.07, 6.45) is 0. The Morgan fingerprint density at radius 1 is 1.82 bits per heavy atom. The van der Waals surface area contributed by atoms with E-state index < -0.39 is 0 Å². The molecule has 0 unspecified atom stereocenters. The van der Waals surface area contributed by atoms with Gasteiger partial charge in [0, 0.05) is 13.0 Å². The van der Waals surface area contributed by atoms with Gasteiger partial charge in [-0.05, 0) is 6.92 Å². The maximum atomic E-state index is 10.3. The molecule has 1 aromatic rings. The molecule has 1 radical (unpaired) electrons. The maximum Gasteiger partial charge on any atom is 0.303 e. The third-order valence-electron chi connectivity index (χ3n) is 0.987. The first-order chi connectivity index (χ1) is 5.18. The molecule has 0 aliphatic heterocycles. The zero-order chi connectivity index (χ0) is 8.27. The van der Waals surface area contributed by atoms with Crippen LogP contribution < -0.4 is 0 Å². The van der Waals surface area contributed by atoms with Gasteiger partial charge >= 0.3 is 5.97 Å². The van der Waals surface area contributed by atoms with Crippen molar-refractivity contribution in [2.24, 2.45) is 0 Å². The van der Waals surface area contributed by atoms with Gasteiger partial charge in [-0.25, -0.2) is 0 Å². The van der Waals surface area contributed by atoms with Crippen LogP contribution in [0.4, 0.5) is 0 Å². The van der Waals surface area contributed by atoms with E-state index in [1.165, 1.54) is 13.5 Å². The first kappa shape index (κ1) is 7.78. The van der Waals surface area contributed by atoms with Crippen molar-refractivity contribution in [2.45, 2.75) is 13.8 Å². The molecule has 1 heterocycles. The number of aryl methyl sites for hydroxylation is 1. The molecule has 0 bridgehead atoms. The monoisotopic (exact) mass is 154 g/mol. The Bertz CT molecular complexity index is 254. The van der Waals surface area contributed by atoms with Crippen LogP contribution in [0.5, 0.6) is 0 Å². The van der Waals surface area contributed by atoms with Gasteiger partial charge in [0.25, 0.3) is 0 Å². The summed E-state index contributed by atoms with van der Waals surface area (Å²) in [5, 5.41) is 3.60. The number of ether oxygens (including phenoxy) is 1. The summed E-state index contributed by atoms with van der Waals surface area (Å²) >= 11 is 0. The number of carbonyl (C=O) groups excluding carboxylic acids is 1. The lowest BCUT2D eigenvalue weighted by Gasteiger charge is -1.92. The number of hydrogen-bond acceptors (Lipinski definition) is 4. The lowest BCUT2D eigenvalue weighted by molar-refractivity contribution is -0.137. The molecule has 0 saturated heterocycles. The van der Waals surface area contributed by atoms with Crippen molar-refractivity contribution in [1.82, 2.24) is 5.16 Å². The molecule has 0 fully saturated rings. The van der Waals surface area contributed by atoms with Gasteiger partial charge in [-0.2, -0.15) is 0 Å². The minimum Gasteiger partial charge on any atom is -0.450 e. The summed E-state index contributed by atoms with van der Waals surface area (Å²) < 4.78 is 9.28. The lowest BCUT2D eigenvalue weighted by Crippen LogP contribution is -1.94. The molecule has 0 N–H and O–H groups in total. The van der Waals surface area contributed by atoms with E-state index in [4.69, 9.17) is 4.52 Å². The van der Waals surface area contributed by atoms with Crippen LogP contribution in [0.1, 0.15) is 18.4 Å². The molecule has 1 aromatic heterocycles. The largest absolute Gasteiger partial charge is 0.450 e. The Balaban J connectivity index is 2.45. The zero-order valence-electron chi connectivity index (χ0n) is 6.33. The molecule has 0 saturated carbocycles. The standard InChI is InChI=1S/C7H8NO3/c1-5-3-7(11-8-5)4-10-6(2)9/h3-4H,1-2H3. The summed E-state index contributed by atoms with van der Waals surface area (Å²) in [5.74, 6) is 0.0664. The highest BCUT2D eigenvalue weighted by atomic mass is 16.5. The average molecular weight is 154 g/mol. The normalized spacial score (nSPS) is 9.64. The first-order valence-electron chi connectivity index (χ1n) is 3.12. The van der Waals surface area contributed by atoms with Crippen LogP contribution in [0.2, 0.25) is 0 Å². The predicted octanol–water partition coefficient (Wildman–Crippen LogP) is 1.06. The van der Waals surface area contributed by atoms with E-state index >= 15 is 0 Å². The first-order valence-corrected chi connectivity index (χ1v) is 3.12. The van der Waals surface area contributed by atoms with Crippen LogP contribution in [0.3, 0.4) is 0 Å². The Labute approximate surface area is 64.1 Å². The summed E-state index contributed by atoms with van der Waals surface area (Å²) in [6, 6.07) is 1.67. The highest BCUT2D eigenvalue weighted by molar-refractivity contribution is 5.66. The Morgan fingerprint density at radius 2 is 2.55 bits per heavy atom. The van der Waals surface area contributed by atoms with Crippen molar-refractivity contribution in [3.05, 3.63) is 24.1 Å². The van der Waals surface area contributed by atoms with Crippen molar-refractivity contribution >= 4 is 5.97 Å². The van der Waals surface area contributed by atoms with Crippen molar-refractivity contribution in [3.63, 3.8) is 0 Å². The lowest BCUT2D eigenvalue weighted by atomic mass is 10.4. The van der Waals surface area contributed by atoms with E-state index in [0.717, 1.165) is 5.69 Å². The predicted molar refractivity (Wildman–Crippen MR) is 36.4 cm³/mol. The second kappa shape index (κ2) is 3.18. The van der Waals surface area contributed by atoms with Crippen LogP contribution in [0.25, 0.3) is 0 Å². The van der Waals surface area contributed by atoms with Crippen LogP contribution in [0, 0.1) is 13.5 Å². The van der Waals surface area contributed by atoms with Crippen LogP contribution >= 0.6 is 0 Å². The summed E-state index contributed by atoms with van der Waals surface area (Å²) in [7, 11) is 0. The van der Waals surface area contributed by atoms with Gasteiger partial charge in [0.15, 0.2) is 5.76 Å². The van der Waals surface area contributed by atoms with Gasteiger partial charge in [0.1, 0.15) is 0 Å². The molecule has 0 spiro atoms. The van der Waals surface area contributed by atoms with Crippen molar-refractivity contribution in [3.8, 4) is 0 Å². The highest BCUT2D eigenvalue weighted by Crippen LogP contribution is 2.05. The molecule has 0 aliphatic carbocycles. The molecular formula is C7H8NO3. The minimum absolute atomic E-state index is 0.376. The van der Waals surface area contributed by atoms with Crippen LogP contribution in [-0.4, -0.2) is 11.1 Å². The number of aromatic nitrogens is 1. The smallest absolute Gasteiger partial charge is 0.303 e. The summed E-state index contributed by atoms with van der Waals surface area (Å²) in [4.78, 5) is 10.3. The molecule has 0 amide bonds. The second-order valence-electron chi connectivity index (χ2n) is 2.10. The topological polar surface area (TPSA) is 52.3 Å². The van der Waals surface area contributed by atoms with Crippen molar-refractivity contribution < 1.29 is 14.1 Å². The quantitative estimate of drug-likeness (QED) is 0.597. The molecule has 0 aromatic carbocycles. The Kier molecular flexibility index (Phi) is 2.25. The third-order valence-corrected chi connectivity index (χ3v) is 0.987. The van der Waals surface area contributed by atoms with E-state index in [2.05, 4.69) is 9.89 Å². The van der Waals surface area contributed by atoms with E-state index in [9.17, 15) is 4.79 Å². The van der Waals surface area contributed by atoms with Crippen molar-refractivity contribution in [1.29, 1.82) is 0 Å². The Morgan fingerprint density at radius 3 is 3.00 bits per heavy atom. The van der Waals surface area contributed by atoms with E-state index in [1.807, 2.05) is 0 Å². The molecule has 59 valence electrons. The van der Waals surface area contributed by atoms with Crippen LogP contribution in [-0.2, 0) is 9.53 Å². The fourth-order valence-corrected chi connectivity index (χ4v) is 0.580. The van der Waals surface area contributed by atoms with Gasteiger partial charge in [0.2, 0.25) is 6.61 Å². The second-order valence-corrected chi connectivity index (χ2v) is 2.10. The SMILES string of the molecule is CC(=O)O[CH]c1cc(C)no1. The van der Waals surface area contributed by atoms with Crippen molar-refractivity contribution in [2.75, 3.05) is 0 Å². The zero-order valence-corrected chi connectivity index (χ0v) is 6.33. The summed E-state index contributed by atoms with van der Waals surface area (Å²) in [5.41, 5.74) is 0.753. The van der Waals surface area contributed by atoms with E-state index in [0.29, 0.717) is 5.76 Å². The fourth-order valence-electron chi connectivity index (χ4n) is 0.580. The number of carbonyl (C=O) groups is 1. The number of rotatable bonds is 2. The summed E-state index contributed by atoms with van der Waals surface area (Å²) in [6.45, 7) is 4.33. The third kappa shape index (κ3) is 2.41. The number of esters is 1. The molecular weight excluding hydrogens is 146 g/mol. The molecule has 1 rings (SSSR count). The van der Waals surface area contributed by atoms with Gasteiger partial charge in [0.05, 0.1) is 5.69 Å². The minimum atomic E-state index is -0.376. The maximum absolute atomic E-state index is 10.3. The molecule has 4 nitrogen and oxygen atoms in total. The molecule has 0 aliphatic rings. The van der Waals surface area contributed by atoms with Gasteiger partial charge in [-0.1, -0.05) is 5.16 Å². The highest BCUT2D eigenvalue weighted by Gasteiger charge is 2.02. The molecule has 0 atom stereocenters. The number of hydrogen-bond donors (Lipinski definition) is 0. The Hall–Kier alpha value is -1.32. The van der Waals surface area contributed by atoms with E-state index in [1.54, 1.807) is 13.0 Å². The molecule has 4 heteroatoms. The van der Waals surface area contributed by atoms with Gasteiger partial charge in [-0.15, -0.1) is 0 Å². The van der Waals surface area contributed by atoms with Gasteiger partial charge in [-0.3, -0.25) is 4.79 Å². The average Bonchev–Trinajstić information content (AvgIpc) is 2.31. The molecule has 11 heavy (non-hydrogen) atoms.